The van der Waals surface area contributed by atoms with Crippen LogP contribution < -0.4 is 0 Å². The smallest absolute Gasteiger partial charge is 0.0574 e. The molecule has 0 aromatic heterocycles. The highest BCUT2D eigenvalue weighted by atomic mass is 16.4. The quantitative estimate of drug-likeness (QED) is 0.407. The van der Waals surface area contributed by atoms with Gasteiger partial charge in [-0.2, -0.15) is 0 Å². The fourth-order valence-electron chi connectivity index (χ4n) is 8.51. The molecule has 0 spiro atoms. The summed E-state index contributed by atoms with van der Waals surface area (Å²) in [5.74, 6) is 5.53. The lowest BCUT2D eigenvalue weighted by atomic mass is 9.44. The van der Waals surface area contributed by atoms with Gasteiger partial charge in [-0.1, -0.05) is 45.7 Å². The van der Waals surface area contributed by atoms with E-state index in [9.17, 15) is 5.21 Å². The minimum absolute atomic E-state index is 0.508. The molecule has 0 aromatic rings. The highest BCUT2D eigenvalue weighted by Crippen LogP contribution is 2.67. The van der Waals surface area contributed by atoms with E-state index in [-0.39, 0.29) is 0 Å². The zero-order valence-corrected chi connectivity index (χ0v) is 18.3. The number of oxime groups is 1. The number of nitrogens with zero attached hydrogens (tertiary/aromatic N) is 1. The molecule has 2 heteroatoms. The highest BCUT2D eigenvalue weighted by Gasteiger charge is 2.59. The minimum atomic E-state index is 0.508. The molecular weight excluding hydrogens is 330 g/mol. The molecule has 0 heterocycles. The van der Waals surface area contributed by atoms with E-state index < -0.39 is 0 Å². The van der Waals surface area contributed by atoms with Gasteiger partial charge in [-0.15, -0.1) is 0 Å². The van der Waals surface area contributed by atoms with Crippen LogP contribution in [0.5, 0.6) is 0 Å². The molecule has 0 amide bonds. The van der Waals surface area contributed by atoms with Crippen LogP contribution in [-0.4, -0.2) is 10.9 Å². The summed E-state index contributed by atoms with van der Waals surface area (Å²) in [6, 6.07) is 0. The van der Waals surface area contributed by atoms with Gasteiger partial charge in [0.25, 0.3) is 0 Å². The molecule has 27 heavy (non-hydrogen) atoms. The Hall–Kier alpha value is -0.530. The third kappa shape index (κ3) is 3.27. The van der Waals surface area contributed by atoms with Crippen LogP contribution in [0, 0.1) is 46.3 Å². The Bertz CT molecular complexity index is 569. The van der Waals surface area contributed by atoms with Gasteiger partial charge in [0.2, 0.25) is 0 Å². The molecule has 4 aliphatic rings. The van der Waals surface area contributed by atoms with Crippen molar-refractivity contribution in [2.24, 2.45) is 51.5 Å². The van der Waals surface area contributed by atoms with Crippen molar-refractivity contribution in [1.29, 1.82) is 0 Å². The lowest BCUT2D eigenvalue weighted by Crippen LogP contribution is -2.53. The molecule has 7 atom stereocenters. The van der Waals surface area contributed by atoms with Crippen molar-refractivity contribution in [3.63, 3.8) is 0 Å². The maximum Gasteiger partial charge on any atom is 0.0574 e. The molecule has 154 valence electrons. The summed E-state index contributed by atoms with van der Waals surface area (Å²) in [4.78, 5) is 0. The van der Waals surface area contributed by atoms with Gasteiger partial charge in [0.15, 0.2) is 0 Å². The van der Waals surface area contributed by atoms with Gasteiger partial charge in [-0.3, -0.25) is 0 Å². The molecule has 4 saturated carbocycles. The Morgan fingerprint density at radius 1 is 1.00 bits per heavy atom. The molecule has 4 rings (SSSR count). The summed E-state index contributed by atoms with van der Waals surface area (Å²) in [5.41, 5.74) is 2.21. The van der Waals surface area contributed by atoms with E-state index in [1.807, 2.05) is 0 Å². The maximum absolute atomic E-state index is 9.28. The van der Waals surface area contributed by atoms with Crippen LogP contribution in [0.15, 0.2) is 5.16 Å². The van der Waals surface area contributed by atoms with E-state index in [2.05, 4.69) is 32.9 Å². The van der Waals surface area contributed by atoms with Crippen LogP contribution in [0.3, 0.4) is 0 Å². The predicted octanol–water partition coefficient (Wildman–Crippen LogP) is 7.30. The van der Waals surface area contributed by atoms with Gasteiger partial charge >= 0.3 is 0 Å². The van der Waals surface area contributed by atoms with Crippen LogP contribution in [0.4, 0.5) is 0 Å². The SMILES string of the molecule is CC(C)CCCC1CCC2C3CCC4C/C(=N/O)CCC4(C)C3CCC12C. The standard InChI is InChI=1S/C25H43NO/c1-17(2)6-5-7-18-9-11-22-21-10-8-19-16-20(26-27)12-14-25(19,4)23(21)13-15-24(18,22)3/h17-19,21-23,27H,5-16H2,1-4H3/b26-20+. The van der Waals surface area contributed by atoms with Crippen LogP contribution >= 0.6 is 0 Å². The van der Waals surface area contributed by atoms with Crippen molar-refractivity contribution in [2.75, 3.05) is 0 Å². The second-order valence-corrected chi connectivity index (χ2v) is 11.7. The third-order valence-corrected chi connectivity index (χ3v) is 10.2. The summed E-state index contributed by atoms with van der Waals surface area (Å²) < 4.78 is 0. The second-order valence-electron chi connectivity index (χ2n) is 11.7. The van der Waals surface area contributed by atoms with Gasteiger partial charge in [0.05, 0.1) is 5.71 Å². The number of rotatable bonds is 4. The molecule has 4 aliphatic carbocycles. The average molecular weight is 374 g/mol. The van der Waals surface area contributed by atoms with Crippen molar-refractivity contribution in [1.82, 2.24) is 0 Å². The summed E-state index contributed by atoms with van der Waals surface area (Å²) in [6.07, 6.45) is 16.5. The van der Waals surface area contributed by atoms with Crippen molar-refractivity contribution < 1.29 is 5.21 Å². The highest BCUT2D eigenvalue weighted by molar-refractivity contribution is 5.85. The Kier molecular flexibility index (Phi) is 5.40. The average Bonchev–Trinajstić information content (AvgIpc) is 2.97. The van der Waals surface area contributed by atoms with Gasteiger partial charge in [-0.05, 0) is 111 Å². The fraction of sp³-hybridized carbons (Fsp3) is 0.960. The van der Waals surface area contributed by atoms with E-state index in [1.54, 1.807) is 0 Å². The van der Waals surface area contributed by atoms with Gasteiger partial charge < -0.3 is 5.21 Å². The first-order valence-corrected chi connectivity index (χ1v) is 12.1. The number of hydrogen-bond donors (Lipinski definition) is 1. The molecule has 7 unspecified atom stereocenters. The van der Waals surface area contributed by atoms with E-state index in [4.69, 9.17) is 0 Å². The normalized spacial score (nSPS) is 48.3. The van der Waals surface area contributed by atoms with Crippen LogP contribution in [0.1, 0.15) is 105 Å². The van der Waals surface area contributed by atoms with Gasteiger partial charge in [0, 0.05) is 0 Å². The Morgan fingerprint density at radius 2 is 1.78 bits per heavy atom. The van der Waals surface area contributed by atoms with E-state index in [1.165, 1.54) is 64.2 Å². The van der Waals surface area contributed by atoms with E-state index >= 15 is 0 Å². The molecule has 0 aliphatic heterocycles. The summed E-state index contributed by atoms with van der Waals surface area (Å²) in [5, 5.41) is 12.9. The van der Waals surface area contributed by atoms with Crippen molar-refractivity contribution in [3.8, 4) is 0 Å². The lowest BCUT2D eigenvalue weighted by molar-refractivity contribution is -0.101. The fourth-order valence-corrected chi connectivity index (χ4v) is 8.51. The Labute approximate surface area is 167 Å². The van der Waals surface area contributed by atoms with E-state index in [0.717, 1.165) is 54.1 Å². The van der Waals surface area contributed by atoms with E-state index in [0.29, 0.717) is 10.8 Å². The predicted molar refractivity (Wildman–Crippen MR) is 113 cm³/mol. The molecule has 2 nitrogen and oxygen atoms in total. The third-order valence-electron chi connectivity index (χ3n) is 10.2. The second kappa shape index (κ2) is 7.38. The molecule has 0 radical (unpaired) electrons. The zero-order valence-electron chi connectivity index (χ0n) is 18.3. The zero-order chi connectivity index (χ0) is 19.2. The largest absolute Gasteiger partial charge is 0.411 e. The first-order chi connectivity index (χ1) is 12.9. The Morgan fingerprint density at radius 3 is 2.52 bits per heavy atom. The van der Waals surface area contributed by atoms with Crippen LogP contribution in [-0.2, 0) is 0 Å². The Balaban J connectivity index is 1.48. The summed E-state index contributed by atoms with van der Waals surface area (Å²) in [7, 11) is 0. The monoisotopic (exact) mass is 373 g/mol. The first-order valence-electron chi connectivity index (χ1n) is 12.1. The van der Waals surface area contributed by atoms with Gasteiger partial charge in [-0.25, -0.2) is 0 Å². The molecule has 0 bridgehead atoms. The molecule has 0 saturated heterocycles. The van der Waals surface area contributed by atoms with Crippen LogP contribution in [0.2, 0.25) is 0 Å². The van der Waals surface area contributed by atoms with Gasteiger partial charge in [0.1, 0.15) is 0 Å². The summed E-state index contributed by atoms with van der Waals surface area (Å²) >= 11 is 0. The van der Waals surface area contributed by atoms with Crippen molar-refractivity contribution >= 4 is 5.71 Å². The lowest BCUT2D eigenvalue weighted by Gasteiger charge is -2.60. The topological polar surface area (TPSA) is 32.6 Å². The molecule has 1 N–H and O–H groups in total. The summed E-state index contributed by atoms with van der Waals surface area (Å²) in [6.45, 7) is 10.0. The van der Waals surface area contributed by atoms with Crippen LogP contribution in [0.25, 0.3) is 0 Å². The molecule has 4 fully saturated rings. The maximum atomic E-state index is 9.28. The minimum Gasteiger partial charge on any atom is -0.411 e. The van der Waals surface area contributed by atoms with Crippen molar-refractivity contribution in [2.45, 2.75) is 105 Å². The number of hydrogen-bond acceptors (Lipinski definition) is 2. The molecule has 0 aromatic carbocycles. The van der Waals surface area contributed by atoms with Crippen molar-refractivity contribution in [3.05, 3.63) is 0 Å². The molecular formula is C25H43NO. The number of fused-ring (bicyclic) bond motifs is 5. The first kappa shape index (κ1) is 19.8.